The van der Waals surface area contributed by atoms with Gasteiger partial charge in [0.1, 0.15) is 6.04 Å². The van der Waals surface area contributed by atoms with Crippen molar-refractivity contribution in [2.45, 2.75) is 13.0 Å². The molecule has 1 atom stereocenters. The predicted molar refractivity (Wildman–Crippen MR) is 103 cm³/mol. The molecule has 11 heteroatoms. The summed E-state index contributed by atoms with van der Waals surface area (Å²) in [5.41, 5.74) is 0.496. The number of imide groups is 1. The number of ether oxygens (including phenoxy) is 3. The van der Waals surface area contributed by atoms with Gasteiger partial charge in [0.2, 0.25) is 0 Å². The summed E-state index contributed by atoms with van der Waals surface area (Å²) in [6, 6.07) is 1.97. The Kier molecular flexibility index (Phi) is 7.08. The fourth-order valence-electron chi connectivity index (χ4n) is 2.30. The van der Waals surface area contributed by atoms with Crippen LogP contribution in [0.4, 0.5) is 4.79 Å². The first-order chi connectivity index (χ1) is 13.2. The zero-order valence-corrected chi connectivity index (χ0v) is 17.5. The second kappa shape index (κ2) is 9.11. The monoisotopic (exact) mass is 473 g/mol. The molecule has 1 fully saturated rings. The van der Waals surface area contributed by atoms with Gasteiger partial charge in [-0.1, -0.05) is 15.9 Å². The molecular weight excluding hydrogens is 458 g/mol. The van der Waals surface area contributed by atoms with Crippen molar-refractivity contribution in [2.24, 2.45) is 0 Å². The molecule has 1 saturated heterocycles. The summed E-state index contributed by atoms with van der Waals surface area (Å²) in [4.78, 5) is 48.0. The minimum Gasteiger partial charge on any atom is -0.493 e. The molecular formula is C17H16BrNO8S. The van der Waals surface area contributed by atoms with E-state index < -0.39 is 35.7 Å². The highest BCUT2D eigenvalue weighted by Gasteiger charge is 2.41. The molecule has 1 N–H and O–H groups in total. The van der Waals surface area contributed by atoms with Gasteiger partial charge in [-0.15, -0.1) is 0 Å². The molecule has 0 bridgehead atoms. The molecule has 1 aliphatic heterocycles. The summed E-state index contributed by atoms with van der Waals surface area (Å²) < 4.78 is 15.4. The Balaban J connectivity index is 2.34. The van der Waals surface area contributed by atoms with Crippen LogP contribution in [0.5, 0.6) is 11.5 Å². The van der Waals surface area contributed by atoms with E-state index in [0.29, 0.717) is 21.8 Å². The Morgan fingerprint density at radius 1 is 1.29 bits per heavy atom. The van der Waals surface area contributed by atoms with Crippen molar-refractivity contribution in [3.8, 4) is 11.5 Å². The SMILES string of the molecule is COC(=O)[C@H](C)N1C(=O)S/C(=C/c2cc(OC)c(OCC(=O)O)cc2Br)C1=O. The van der Waals surface area contributed by atoms with E-state index in [-0.39, 0.29) is 16.4 Å². The number of nitrogens with zero attached hydrogens (tertiary/aromatic N) is 1. The Labute approximate surface area is 172 Å². The second-order valence-electron chi connectivity index (χ2n) is 5.46. The van der Waals surface area contributed by atoms with Crippen molar-refractivity contribution in [2.75, 3.05) is 20.8 Å². The van der Waals surface area contributed by atoms with Gasteiger partial charge in [-0.25, -0.2) is 9.59 Å². The lowest BCUT2D eigenvalue weighted by Crippen LogP contribution is -2.42. The van der Waals surface area contributed by atoms with Gasteiger partial charge >= 0.3 is 11.9 Å². The number of amides is 2. The summed E-state index contributed by atoms with van der Waals surface area (Å²) in [6.07, 6.45) is 1.46. The molecule has 2 amide bonds. The average molecular weight is 474 g/mol. The topological polar surface area (TPSA) is 119 Å². The minimum atomic E-state index is -1.14. The molecule has 150 valence electrons. The average Bonchev–Trinajstić information content (AvgIpc) is 2.93. The number of carbonyl (C=O) groups is 4. The molecule has 0 radical (unpaired) electrons. The molecule has 0 saturated carbocycles. The van der Waals surface area contributed by atoms with Gasteiger partial charge in [0.05, 0.1) is 19.1 Å². The molecule has 2 rings (SSSR count). The first-order valence-corrected chi connectivity index (χ1v) is 9.37. The Morgan fingerprint density at radius 3 is 2.54 bits per heavy atom. The zero-order chi connectivity index (χ0) is 21.0. The molecule has 0 aromatic heterocycles. The van der Waals surface area contributed by atoms with E-state index in [0.717, 1.165) is 4.90 Å². The highest BCUT2D eigenvalue weighted by atomic mass is 79.9. The van der Waals surface area contributed by atoms with Crippen LogP contribution in [0.3, 0.4) is 0 Å². The third-order valence-corrected chi connectivity index (χ3v) is 5.24. The number of benzene rings is 1. The van der Waals surface area contributed by atoms with Crippen LogP contribution in [0.2, 0.25) is 0 Å². The third kappa shape index (κ3) is 4.65. The van der Waals surface area contributed by atoms with E-state index in [1.807, 2.05) is 0 Å². The molecule has 1 heterocycles. The van der Waals surface area contributed by atoms with Crippen LogP contribution in [-0.4, -0.2) is 60.0 Å². The van der Waals surface area contributed by atoms with Gasteiger partial charge in [0.15, 0.2) is 18.1 Å². The first-order valence-electron chi connectivity index (χ1n) is 7.76. The van der Waals surface area contributed by atoms with Crippen molar-refractivity contribution in [1.29, 1.82) is 0 Å². The third-order valence-electron chi connectivity index (χ3n) is 3.67. The number of aliphatic carboxylic acids is 1. The standard InChI is InChI=1S/C17H16BrNO8S/c1-8(16(23)26-3)19-15(22)13(28-17(19)24)5-9-4-11(25-2)12(6-10(9)18)27-7-14(20)21/h4-6,8H,7H2,1-3H3,(H,20,21)/b13-5+/t8-/m0/s1. The van der Waals surface area contributed by atoms with Gasteiger partial charge in [-0.3, -0.25) is 14.5 Å². The lowest BCUT2D eigenvalue weighted by atomic mass is 10.1. The number of rotatable bonds is 7. The number of hydrogen-bond donors (Lipinski definition) is 1. The highest BCUT2D eigenvalue weighted by molar-refractivity contribution is 9.10. The second-order valence-corrected chi connectivity index (χ2v) is 7.31. The summed E-state index contributed by atoms with van der Waals surface area (Å²) in [5.74, 6) is -2.02. The fraction of sp³-hybridized carbons (Fsp3) is 0.294. The molecule has 1 aromatic rings. The molecule has 9 nitrogen and oxygen atoms in total. The van der Waals surface area contributed by atoms with Crippen LogP contribution in [-0.2, 0) is 19.1 Å². The van der Waals surface area contributed by atoms with Crippen molar-refractivity contribution in [1.82, 2.24) is 4.90 Å². The van der Waals surface area contributed by atoms with Crippen LogP contribution >= 0.6 is 27.7 Å². The first kappa shape index (κ1) is 21.8. The quantitative estimate of drug-likeness (QED) is 0.470. The molecule has 1 aromatic carbocycles. The van der Waals surface area contributed by atoms with E-state index in [2.05, 4.69) is 20.7 Å². The predicted octanol–water partition coefficient (Wildman–Crippen LogP) is 2.52. The largest absolute Gasteiger partial charge is 0.493 e. The maximum Gasteiger partial charge on any atom is 0.341 e. The summed E-state index contributed by atoms with van der Waals surface area (Å²) >= 11 is 4.01. The van der Waals surface area contributed by atoms with Crippen molar-refractivity contribution in [3.05, 3.63) is 27.1 Å². The number of esters is 1. The number of halogens is 1. The Morgan fingerprint density at radius 2 is 1.96 bits per heavy atom. The number of carboxylic acids is 1. The number of carbonyl (C=O) groups excluding carboxylic acids is 3. The van der Waals surface area contributed by atoms with Crippen LogP contribution in [0, 0.1) is 0 Å². The van der Waals surface area contributed by atoms with Gasteiger partial charge < -0.3 is 19.3 Å². The fourth-order valence-corrected chi connectivity index (χ4v) is 3.64. The van der Waals surface area contributed by atoms with Gasteiger partial charge in [0.25, 0.3) is 11.1 Å². The van der Waals surface area contributed by atoms with Crippen molar-refractivity contribution < 1.29 is 38.5 Å². The van der Waals surface area contributed by atoms with Crippen LogP contribution in [0.1, 0.15) is 12.5 Å². The number of hydrogen-bond acceptors (Lipinski definition) is 8. The Hall–Kier alpha value is -2.53. The van der Waals surface area contributed by atoms with E-state index in [4.69, 9.17) is 14.6 Å². The maximum atomic E-state index is 12.6. The van der Waals surface area contributed by atoms with Crippen molar-refractivity contribution in [3.63, 3.8) is 0 Å². The van der Waals surface area contributed by atoms with Crippen molar-refractivity contribution >= 4 is 56.9 Å². The maximum absolute atomic E-state index is 12.6. The van der Waals surface area contributed by atoms with E-state index in [9.17, 15) is 19.2 Å². The highest BCUT2D eigenvalue weighted by Crippen LogP contribution is 2.38. The number of methoxy groups -OCH3 is 2. The Bertz CT molecular complexity index is 869. The molecule has 0 unspecified atom stereocenters. The van der Waals surface area contributed by atoms with E-state index in [1.54, 1.807) is 0 Å². The van der Waals surface area contributed by atoms with Crippen LogP contribution in [0.25, 0.3) is 6.08 Å². The lowest BCUT2D eigenvalue weighted by Gasteiger charge is -2.18. The van der Waals surface area contributed by atoms with E-state index >= 15 is 0 Å². The lowest BCUT2D eigenvalue weighted by molar-refractivity contribution is -0.148. The summed E-state index contributed by atoms with van der Waals surface area (Å²) in [6.45, 7) is 0.852. The molecule has 1 aliphatic rings. The van der Waals surface area contributed by atoms with Gasteiger partial charge in [-0.05, 0) is 42.5 Å². The summed E-state index contributed by atoms with van der Waals surface area (Å²) in [5, 5.41) is 8.15. The summed E-state index contributed by atoms with van der Waals surface area (Å²) in [7, 11) is 2.55. The normalized spacial score (nSPS) is 16.3. The zero-order valence-electron chi connectivity index (χ0n) is 15.1. The minimum absolute atomic E-state index is 0.114. The molecule has 0 aliphatic carbocycles. The van der Waals surface area contributed by atoms with Crippen LogP contribution < -0.4 is 9.47 Å². The van der Waals surface area contributed by atoms with Gasteiger partial charge in [0, 0.05) is 4.47 Å². The molecule has 0 spiro atoms. The van der Waals surface area contributed by atoms with E-state index in [1.165, 1.54) is 39.4 Å². The van der Waals surface area contributed by atoms with Crippen LogP contribution in [0.15, 0.2) is 21.5 Å². The number of carboxylic acid groups (broad SMARTS) is 1. The van der Waals surface area contributed by atoms with Gasteiger partial charge in [-0.2, -0.15) is 0 Å². The molecule has 28 heavy (non-hydrogen) atoms. The number of thioether (sulfide) groups is 1. The smallest absolute Gasteiger partial charge is 0.341 e.